The normalized spacial score (nSPS) is 14.1. The number of amides is 1. The summed E-state index contributed by atoms with van der Waals surface area (Å²) in [6.07, 6.45) is 4.49. The smallest absolute Gasteiger partial charge is 0.219 e. The van der Waals surface area contributed by atoms with Gasteiger partial charge in [-0.25, -0.2) is 0 Å². The van der Waals surface area contributed by atoms with Gasteiger partial charge < -0.3 is 14.8 Å². The van der Waals surface area contributed by atoms with Crippen molar-refractivity contribution in [3.8, 4) is 0 Å². The highest BCUT2D eigenvalue weighted by Crippen LogP contribution is 2.16. The van der Waals surface area contributed by atoms with Crippen LogP contribution in [0.1, 0.15) is 46.5 Å². The molecule has 0 aliphatic carbocycles. The molecule has 1 N–H and O–H groups in total. The lowest BCUT2D eigenvalue weighted by molar-refractivity contribution is -0.132. The lowest BCUT2D eigenvalue weighted by atomic mass is 9.98. The van der Waals surface area contributed by atoms with Crippen molar-refractivity contribution in [1.82, 2.24) is 4.90 Å². The molecule has 1 amide bonds. The Kier molecular flexibility index (Phi) is 8.68. The topological polar surface area (TPSA) is 57.6 Å². The highest BCUT2D eigenvalue weighted by molar-refractivity contribution is 5.73. The van der Waals surface area contributed by atoms with Gasteiger partial charge in [-0.05, 0) is 19.3 Å². The van der Waals surface area contributed by atoms with Gasteiger partial charge in [-0.2, -0.15) is 0 Å². The van der Waals surface area contributed by atoms with Crippen LogP contribution in [0.15, 0.2) is 0 Å². The van der Waals surface area contributed by atoms with Gasteiger partial charge in [0.1, 0.15) is 6.29 Å². The maximum Gasteiger partial charge on any atom is 0.219 e. The van der Waals surface area contributed by atoms with Crippen LogP contribution in [0, 0.1) is 5.92 Å². The number of carbonyl (C=O) groups excluding carboxylic acids is 2. The molecule has 0 saturated carbocycles. The Labute approximate surface area is 104 Å². The molecule has 0 heterocycles. The second-order valence-corrected chi connectivity index (χ2v) is 4.57. The maximum atomic E-state index is 11.5. The zero-order valence-electron chi connectivity index (χ0n) is 11.2. The zero-order chi connectivity index (χ0) is 13.3. The van der Waals surface area contributed by atoms with Crippen molar-refractivity contribution in [2.75, 3.05) is 13.2 Å². The summed E-state index contributed by atoms with van der Waals surface area (Å²) < 4.78 is 0. The zero-order valence-corrected chi connectivity index (χ0v) is 11.2. The maximum absolute atomic E-state index is 11.5. The van der Waals surface area contributed by atoms with Gasteiger partial charge in [0, 0.05) is 25.4 Å². The molecule has 0 fully saturated rings. The summed E-state index contributed by atoms with van der Waals surface area (Å²) >= 11 is 0. The quantitative estimate of drug-likeness (QED) is 0.626. The van der Waals surface area contributed by atoms with Crippen molar-refractivity contribution in [2.24, 2.45) is 5.92 Å². The number of aldehydes is 1. The van der Waals surface area contributed by atoms with Gasteiger partial charge in [-0.3, -0.25) is 4.79 Å². The molecule has 0 aromatic rings. The summed E-state index contributed by atoms with van der Waals surface area (Å²) in [5.74, 6) is 0.0357. The fraction of sp³-hybridized carbons (Fsp3) is 0.846. The van der Waals surface area contributed by atoms with Gasteiger partial charge in [-0.1, -0.05) is 20.3 Å². The molecule has 0 radical (unpaired) electrons. The van der Waals surface area contributed by atoms with Crippen LogP contribution in [-0.4, -0.2) is 41.4 Å². The number of hydrogen-bond acceptors (Lipinski definition) is 3. The molecular weight excluding hydrogens is 218 g/mol. The second-order valence-electron chi connectivity index (χ2n) is 4.57. The largest absolute Gasteiger partial charge is 0.395 e. The number of nitrogens with zero attached hydrogens (tertiary/aromatic N) is 1. The molecule has 0 rings (SSSR count). The van der Waals surface area contributed by atoms with Gasteiger partial charge in [0.25, 0.3) is 0 Å². The van der Waals surface area contributed by atoms with Crippen LogP contribution in [-0.2, 0) is 9.59 Å². The Balaban J connectivity index is 4.44. The van der Waals surface area contributed by atoms with E-state index in [1.165, 1.54) is 6.92 Å². The van der Waals surface area contributed by atoms with Crippen molar-refractivity contribution in [1.29, 1.82) is 0 Å². The minimum Gasteiger partial charge on any atom is -0.395 e. The molecule has 2 atom stereocenters. The van der Waals surface area contributed by atoms with Crippen LogP contribution in [0.5, 0.6) is 0 Å². The number of hydrogen-bond donors (Lipinski definition) is 1. The molecule has 0 aliphatic rings. The predicted molar refractivity (Wildman–Crippen MR) is 67.6 cm³/mol. The van der Waals surface area contributed by atoms with E-state index in [0.29, 0.717) is 6.54 Å². The lowest BCUT2D eigenvalue weighted by Gasteiger charge is -2.30. The van der Waals surface area contributed by atoms with E-state index in [-0.39, 0.29) is 24.5 Å². The predicted octanol–water partition coefficient (Wildman–Crippen LogP) is 1.61. The third kappa shape index (κ3) is 6.41. The minimum absolute atomic E-state index is 0.00347. The molecule has 0 aromatic heterocycles. The van der Waals surface area contributed by atoms with Crippen molar-refractivity contribution in [3.63, 3.8) is 0 Å². The van der Waals surface area contributed by atoms with Crippen molar-refractivity contribution in [2.45, 2.75) is 52.5 Å². The van der Waals surface area contributed by atoms with Crippen molar-refractivity contribution in [3.05, 3.63) is 0 Å². The van der Waals surface area contributed by atoms with E-state index in [1.54, 1.807) is 4.90 Å². The highest BCUT2D eigenvalue weighted by atomic mass is 16.3. The average Bonchev–Trinajstić information content (AvgIpc) is 2.31. The summed E-state index contributed by atoms with van der Waals surface area (Å²) in [6, 6.07) is 0.145. The van der Waals surface area contributed by atoms with Gasteiger partial charge in [0.05, 0.1) is 6.61 Å². The lowest BCUT2D eigenvalue weighted by Crippen LogP contribution is -2.41. The van der Waals surface area contributed by atoms with E-state index in [4.69, 9.17) is 5.11 Å². The number of rotatable bonds is 9. The Morgan fingerprint density at radius 1 is 1.35 bits per heavy atom. The van der Waals surface area contributed by atoms with Gasteiger partial charge in [0.2, 0.25) is 5.91 Å². The fourth-order valence-electron chi connectivity index (χ4n) is 2.02. The second kappa shape index (κ2) is 9.16. The van der Waals surface area contributed by atoms with Crippen molar-refractivity contribution < 1.29 is 14.7 Å². The van der Waals surface area contributed by atoms with E-state index in [1.807, 2.05) is 6.92 Å². The summed E-state index contributed by atoms with van der Waals surface area (Å²) in [6.45, 7) is 5.87. The van der Waals surface area contributed by atoms with Gasteiger partial charge >= 0.3 is 0 Å². The van der Waals surface area contributed by atoms with Gasteiger partial charge in [-0.15, -0.1) is 0 Å². The number of aliphatic hydroxyl groups is 1. The fourth-order valence-corrected chi connectivity index (χ4v) is 2.02. The Morgan fingerprint density at radius 2 is 2.00 bits per heavy atom. The first-order valence-corrected chi connectivity index (χ1v) is 6.40. The molecular formula is C13H25NO3. The van der Waals surface area contributed by atoms with Gasteiger partial charge in [0.15, 0.2) is 0 Å². The third-order valence-electron chi connectivity index (χ3n) is 3.00. The Bertz CT molecular complexity index is 231. The molecule has 0 bridgehead atoms. The first-order chi connectivity index (χ1) is 8.06. The molecule has 1 unspecified atom stereocenters. The molecule has 0 spiro atoms. The molecule has 0 aliphatic heterocycles. The van der Waals surface area contributed by atoms with E-state index >= 15 is 0 Å². The summed E-state index contributed by atoms with van der Waals surface area (Å²) in [5.41, 5.74) is 0. The Morgan fingerprint density at radius 3 is 2.41 bits per heavy atom. The van der Waals surface area contributed by atoms with E-state index in [9.17, 15) is 9.59 Å². The van der Waals surface area contributed by atoms with Crippen LogP contribution in [0.3, 0.4) is 0 Å². The summed E-state index contributed by atoms with van der Waals surface area (Å²) in [4.78, 5) is 23.8. The highest BCUT2D eigenvalue weighted by Gasteiger charge is 2.20. The first kappa shape index (κ1) is 16.1. The van der Waals surface area contributed by atoms with Crippen LogP contribution >= 0.6 is 0 Å². The van der Waals surface area contributed by atoms with Crippen LogP contribution in [0.2, 0.25) is 0 Å². The molecule has 4 nitrogen and oxygen atoms in total. The summed E-state index contributed by atoms with van der Waals surface area (Å²) in [5, 5.41) is 8.98. The molecule has 0 saturated heterocycles. The van der Waals surface area contributed by atoms with E-state index in [2.05, 4.69) is 6.92 Å². The Hall–Kier alpha value is -0.900. The van der Waals surface area contributed by atoms with Crippen LogP contribution < -0.4 is 0 Å². The first-order valence-electron chi connectivity index (χ1n) is 6.40. The van der Waals surface area contributed by atoms with Crippen LogP contribution in [0.25, 0.3) is 0 Å². The average molecular weight is 243 g/mol. The summed E-state index contributed by atoms with van der Waals surface area (Å²) in [7, 11) is 0. The van der Waals surface area contributed by atoms with E-state index in [0.717, 1.165) is 32.0 Å². The van der Waals surface area contributed by atoms with Crippen LogP contribution in [0.4, 0.5) is 0 Å². The molecule has 17 heavy (non-hydrogen) atoms. The number of aliphatic hydroxyl groups excluding tert-OH is 1. The number of carbonyl (C=O) groups is 2. The third-order valence-corrected chi connectivity index (χ3v) is 3.00. The monoisotopic (exact) mass is 243 g/mol. The molecule has 4 heteroatoms. The SMILES string of the molecule is CCCC(CC[C@H](C)C=O)N(CCO)C(C)=O. The van der Waals surface area contributed by atoms with E-state index < -0.39 is 0 Å². The minimum atomic E-state index is -0.0109. The van der Waals surface area contributed by atoms with Crippen molar-refractivity contribution >= 4 is 12.2 Å². The molecule has 0 aromatic carbocycles. The molecule has 100 valence electrons. The standard InChI is InChI=1S/C13H25NO3/c1-4-5-13(7-6-11(2)10-16)14(8-9-15)12(3)17/h10-11,13,15H,4-9H2,1-3H3/t11-,13?/m0/s1.